The molecule has 394 valence electrons. The second-order valence-electron chi connectivity index (χ2n) is 22.4. The van der Waals surface area contributed by atoms with Crippen molar-refractivity contribution in [1.29, 1.82) is 5.26 Å². The first kappa shape index (κ1) is 54.2. The Bertz CT molecular complexity index is 2800. The molecule has 3 aliphatic heterocycles. The number of thiazole rings is 1. The first-order valence-electron chi connectivity index (χ1n) is 25.4. The molecule has 0 spiro atoms. The molecule has 4 aliphatic rings. The SMILES string of the molecule is CC(=O)O[C@@H]1C[C@@H](C(=O)N[C@@H](C)c2ccc(-c3scnc3C)cc2)N(C(=O)[C@@H](NC(=O)COCCN2CCN(c3ccc4c(c3)CN(C3C(C)(C)C(Oc5ccc(C#N)c(Cl)c5)C3(C)C)C4=O)CC2)C(C)(C)C)C1. The smallest absolute Gasteiger partial charge is 0.302 e. The van der Waals surface area contributed by atoms with Gasteiger partial charge in [-0.05, 0) is 66.3 Å². The standard InChI is InChI=1S/C56H69ClN8O8S/c1-33(36-11-13-37(14-12-36)47-34(2)59-32-74-47)60-49(68)45-27-42(72-35(3)66)30-64(45)51(70)48(54(4,5)6)61-46(67)31-71-24-23-62-19-21-63(22-20-62)40-16-18-43-39(25-40)29-65(50(43)69)52-55(7,8)53(56(52,9)10)73-41-17-15-38(28-58)44(57)26-41/h11-18,25-26,32-33,42,45,48,52-53H,19-24,27,29-31H2,1-10H3,(H,60,68)(H,61,67)/t33-,42+,45-,48+,52?,53?/m0/s1. The molecule has 74 heavy (non-hydrogen) atoms. The number of amides is 4. The number of likely N-dealkylation sites (tertiary alicyclic amines) is 1. The van der Waals surface area contributed by atoms with E-state index in [2.05, 4.69) is 65.2 Å². The van der Waals surface area contributed by atoms with Gasteiger partial charge in [-0.15, -0.1) is 11.3 Å². The van der Waals surface area contributed by atoms with Crippen LogP contribution in [-0.2, 0) is 35.2 Å². The number of halogens is 1. The van der Waals surface area contributed by atoms with E-state index in [0.717, 1.165) is 64.7 Å². The van der Waals surface area contributed by atoms with E-state index in [0.29, 0.717) is 36.0 Å². The minimum absolute atomic E-state index is 0.0132. The van der Waals surface area contributed by atoms with Crippen molar-refractivity contribution in [2.75, 3.05) is 57.4 Å². The number of rotatable bonds is 16. The molecule has 4 atom stereocenters. The number of piperazine rings is 1. The molecule has 2 saturated heterocycles. The Kier molecular flexibility index (Phi) is 15.9. The van der Waals surface area contributed by atoms with Gasteiger partial charge in [0.1, 0.15) is 42.7 Å². The molecule has 18 heteroatoms. The number of aryl methyl sites for hydroxylation is 1. The third kappa shape index (κ3) is 11.3. The van der Waals surface area contributed by atoms with Gasteiger partial charge in [0, 0.05) is 86.8 Å². The van der Waals surface area contributed by atoms with Crippen LogP contribution in [0, 0.1) is 34.5 Å². The summed E-state index contributed by atoms with van der Waals surface area (Å²) < 4.78 is 17.9. The highest BCUT2D eigenvalue weighted by Crippen LogP contribution is 2.59. The zero-order valence-electron chi connectivity index (χ0n) is 44.1. The quantitative estimate of drug-likeness (QED) is 0.0830. The van der Waals surface area contributed by atoms with Crippen molar-refractivity contribution in [1.82, 2.24) is 30.3 Å². The van der Waals surface area contributed by atoms with Gasteiger partial charge >= 0.3 is 5.97 Å². The van der Waals surface area contributed by atoms with Gasteiger partial charge in [-0.2, -0.15) is 5.26 Å². The summed E-state index contributed by atoms with van der Waals surface area (Å²) in [5.74, 6) is -1.16. The lowest BCUT2D eigenvalue weighted by Gasteiger charge is -2.65. The molecule has 3 aromatic carbocycles. The number of nitriles is 1. The number of aromatic nitrogens is 1. The van der Waals surface area contributed by atoms with Gasteiger partial charge in [-0.25, -0.2) is 4.98 Å². The molecule has 1 aromatic heterocycles. The van der Waals surface area contributed by atoms with Crippen molar-refractivity contribution in [2.24, 2.45) is 16.2 Å². The Hall–Kier alpha value is -6.06. The molecule has 0 radical (unpaired) electrons. The van der Waals surface area contributed by atoms with Crippen molar-refractivity contribution < 1.29 is 38.2 Å². The number of nitrogens with zero attached hydrogens (tertiary/aromatic N) is 6. The number of ether oxygens (including phenoxy) is 3. The van der Waals surface area contributed by atoms with Crippen LogP contribution in [0.15, 0.2) is 66.2 Å². The third-order valence-corrected chi connectivity index (χ3v) is 16.5. The lowest BCUT2D eigenvalue weighted by molar-refractivity contribution is -0.199. The van der Waals surface area contributed by atoms with E-state index in [9.17, 15) is 29.2 Å². The maximum Gasteiger partial charge on any atom is 0.302 e. The summed E-state index contributed by atoms with van der Waals surface area (Å²) in [6.45, 7) is 23.6. The molecule has 4 amide bonds. The maximum atomic E-state index is 14.4. The van der Waals surface area contributed by atoms with Crippen LogP contribution in [0.25, 0.3) is 10.4 Å². The van der Waals surface area contributed by atoms with E-state index in [1.54, 1.807) is 29.5 Å². The Balaban J connectivity index is 0.803. The first-order valence-corrected chi connectivity index (χ1v) is 26.7. The Morgan fingerprint density at radius 2 is 1.68 bits per heavy atom. The molecule has 0 unspecified atom stereocenters. The molecule has 2 N–H and O–H groups in total. The van der Waals surface area contributed by atoms with E-state index in [1.807, 2.05) is 81.4 Å². The molecular formula is C56H69ClN8O8S. The van der Waals surface area contributed by atoms with Gasteiger partial charge in [-0.1, -0.05) is 84.3 Å². The predicted molar refractivity (Wildman–Crippen MR) is 284 cm³/mol. The zero-order chi connectivity index (χ0) is 53.4. The van der Waals surface area contributed by atoms with Crippen LogP contribution in [0.2, 0.25) is 5.02 Å². The number of esters is 1. The lowest BCUT2D eigenvalue weighted by Crippen LogP contribution is -2.74. The summed E-state index contributed by atoms with van der Waals surface area (Å²) in [6.07, 6.45) is -0.759. The molecule has 8 rings (SSSR count). The number of anilines is 1. The first-order chi connectivity index (χ1) is 35.0. The molecule has 1 aliphatic carbocycles. The fraction of sp³-hybridized carbons (Fsp3) is 0.518. The number of nitrogens with one attached hydrogen (secondary N) is 2. The van der Waals surface area contributed by atoms with Crippen LogP contribution in [-0.4, -0.2) is 132 Å². The second-order valence-corrected chi connectivity index (χ2v) is 23.7. The number of benzene rings is 3. The summed E-state index contributed by atoms with van der Waals surface area (Å²) in [5, 5.41) is 15.6. The van der Waals surface area contributed by atoms with Crippen molar-refractivity contribution >= 4 is 58.2 Å². The molecule has 3 fully saturated rings. The minimum atomic E-state index is -0.996. The van der Waals surface area contributed by atoms with Crippen molar-refractivity contribution in [3.05, 3.63) is 99.1 Å². The molecule has 4 aromatic rings. The van der Waals surface area contributed by atoms with Crippen LogP contribution in [0.3, 0.4) is 0 Å². The van der Waals surface area contributed by atoms with Crippen LogP contribution in [0.4, 0.5) is 5.69 Å². The Morgan fingerprint density at radius 1 is 0.973 bits per heavy atom. The van der Waals surface area contributed by atoms with Gasteiger partial charge < -0.3 is 39.5 Å². The van der Waals surface area contributed by atoms with Crippen LogP contribution in [0.1, 0.15) is 108 Å². The molecular weight excluding hydrogens is 980 g/mol. The molecule has 4 heterocycles. The summed E-state index contributed by atoms with van der Waals surface area (Å²) in [4.78, 5) is 81.3. The summed E-state index contributed by atoms with van der Waals surface area (Å²) >= 11 is 7.89. The van der Waals surface area contributed by atoms with Gasteiger partial charge in [0.2, 0.25) is 17.7 Å². The third-order valence-electron chi connectivity index (χ3n) is 15.2. The number of hydrogen-bond donors (Lipinski definition) is 2. The Labute approximate surface area is 443 Å². The topological polar surface area (TPSA) is 187 Å². The fourth-order valence-corrected chi connectivity index (χ4v) is 12.9. The predicted octanol–water partition coefficient (Wildman–Crippen LogP) is 7.56. The highest BCUT2D eigenvalue weighted by molar-refractivity contribution is 7.13. The zero-order valence-corrected chi connectivity index (χ0v) is 45.7. The van der Waals surface area contributed by atoms with E-state index in [1.165, 1.54) is 11.8 Å². The number of fused-ring (bicyclic) bond motifs is 1. The maximum absolute atomic E-state index is 14.4. The van der Waals surface area contributed by atoms with E-state index in [-0.39, 0.29) is 60.4 Å². The summed E-state index contributed by atoms with van der Waals surface area (Å²) in [6, 6.07) is 18.9. The monoisotopic (exact) mass is 1050 g/mol. The molecule has 1 saturated carbocycles. The lowest BCUT2D eigenvalue weighted by atomic mass is 9.49. The summed E-state index contributed by atoms with van der Waals surface area (Å²) in [5.41, 5.74) is 6.42. The highest BCUT2D eigenvalue weighted by Gasteiger charge is 2.67. The van der Waals surface area contributed by atoms with E-state index in [4.69, 9.17) is 25.8 Å². The second kappa shape index (κ2) is 21.7. The highest BCUT2D eigenvalue weighted by atomic mass is 35.5. The summed E-state index contributed by atoms with van der Waals surface area (Å²) in [7, 11) is 0. The molecule has 16 nitrogen and oxygen atoms in total. The van der Waals surface area contributed by atoms with Gasteiger partial charge in [0.05, 0.1) is 45.9 Å². The van der Waals surface area contributed by atoms with Gasteiger partial charge in [0.15, 0.2) is 0 Å². The largest absolute Gasteiger partial charge is 0.489 e. The average Bonchev–Trinajstić information content (AvgIpc) is 4.06. The number of hydrogen-bond acceptors (Lipinski definition) is 13. The number of carbonyl (C=O) groups excluding carboxylic acids is 5. The normalized spacial score (nSPS) is 22.0. The van der Waals surface area contributed by atoms with Crippen molar-refractivity contribution in [3.63, 3.8) is 0 Å². The molecule has 0 bridgehead atoms. The van der Waals surface area contributed by atoms with Crippen molar-refractivity contribution in [2.45, 2.75) is 119 Å². The van der Waals surface area contributed by atoms with Crippen LogP contribution >= 0.6 is 22.9 Å². The minimum Gasteiger partial charge on any atom is -0.489 e. The van der Waals surface area contributed by atoms with Gasteiger partial charge in [0.25, 0.3) is 5.91 Å². The number of carbonyl (C=O) groups is 5. The van der Waals surface area contributed by atoms with Crippen molar-refractivity contribution in [3.8, 4) is 22.3 Å². The van der Waals surface area contributed by atoms with E-state index < -0.39 is 41.4 Å². The van der Waals surface area contributed by atoms with Crippen LogP contribution < -0.4 is 20.3 Å². The van der Waals surface area contributed by atoms with Gasteiger partial charge in [-0.3, -0.25) is 28.9 Å². The average molecular weight is 1050 g/mol. The van der Waals surface area contributed by atoms with E-state index >= 15 is 0 Å². The Morgan fingerprint density at radius 3 is 2.30 bits per heavy atom. The van der Waals surface area contributed by atoms with Crippen LogP contribution in [0.5, 0.6) is 5.75 Å². The fourth-order valence-electron chi connectivity index (χ4n) is 11.9.